The molecule has 0 spiro atoms. The van der Waals surface area contributed by atoms with Gasteiger partial charge < -0.3 is 5.11 Å². The lowest BCUT2D eigenvalue weighted by Gasteiger charge is -2.01. The molecule has 0 unspecified atom stereocenters. The van der Waals surface area contributed by atoms with E-state index in [1.807, 2.05) is 30.3 Å². The average molecular weight is 208 g/mol. The van der Waals surface area contributed by atoms with Crippen molar-refractivity contribution in [3.8, 4) is 0 Å². The number of rotatable bonds is 6. The summed E-state index contributed by atoms with van der Waals surface area (Å²) in [6, 6.07) is 9.55. The maximum atomic E-state index is 10.1. The van der Waals surface area contributed by atoms with Crippen LogP contribution >= 0.6 is 0 Å². The Morgan fingerprint density at radius 3 is 2.67 bits per heavy atom. The topological polar surface area (TPSA) is 55.8 Å². The van der Waals surface area contributed by atoms with Gasteiger partial charge in [0, 0.05) is 6.08 Å². The lowest BCUT2D eigenvalue weighted by atomic mass is 10.2. The Labute approximate surface area is 87.7 Å². The summed E-state index contributed by atoms with van der Waals surface area (Å²) in [5, 5.41) is 8.26. The minimum atomic E-state index is -0.998. The van der Waals surface area contributed by atoms with Crippen molar-refractivity contribution in [1.82, 2.24) is 0 Å². The van der Waals surface area contributed by atoms with E-state index < -0.39 is 5.97 Å². The molecule has 4 nitrogen and oxygen atoms in total. The minimum absolute atomic E-state index is 0.124. The van der Waals surface area contributed by atoms with E-state index in [0.29, 0.717) is 6.61 Å². The Balaban J connectivity index is 2.10. The maximum Gasteiger partial charge on any atom is 0.328 e. The molecule has 15 heavy (non-hydrogen) atoms. The molecule has 0 aromatic heterocycles. The lowest BCUT2D eigenvalue weighted by Crippen LogP contribution is -1.96. The van der Waals surface area contributed by atoms with Gasteiger partial charge >= 0.3 is 5.97 Å². The van der Waals surface area contributed by atoms with Crippen molar-refractivity contribution < 1.29 is 19.7 Å². The zero-order valence-electron chi connectivity index (χ0n) is 8.13. The van der Waals surface area contributed by atoms with Crippen molar-refractivity contribution in [3.05, 3.63) is 48.0 Å². The highest BCUT2D eigenvalue weighted by Crippen LogP contribution is 2.00. The van der Waals surface area contributed by atoms with E-state index in [-0.39, 0.29) is 6.61 Å². The number of carbonyl (C=O) groups is 1. The van der Waals surface area contributed by atoms with Crippen LogP contribution in [0.1, 0.15) is 5.56 Å². The van der Waals surface area contributed by atoms with Gasteiger partial charge in [-0.2, -0.15) is 0 Å². The Morgan fingerprint density at radius 2 is 2.00 bits per heavy atom. The van der Waals surface area contributed by atoms with Gasteiger partial charge in [-0.15, -0.1) is 0 Å². The largest absolute Gasteiger partial charge is 0.478 e. The van der Waals surface area contributed by atoms with E-state index in [0.717, 1.165) is 11.6 Å². The van der Waals surface area contributed by atoms with Crippen LogP contribution in [0.2, 0.25) is 0 Å². The molecular formula is C11H12O4. The summed E-state index contributed by atoms with van der Waals surface area (Å²) in [6.45, 7) is 0.473. The Hall–Kier alpha value is -1.65. The number of hydrogen-bond donors (Lipinski definition) is 1. The molecule has 0 saturated heterocycles. The van der Waals surface area contributed by atoms with Gasteiger partial charge in [0.25, 0.3) is 0 Å². The van der Waals surface area contributed by atoms with Gasteiger partial charge in [-0.25, -0.2) is 14.6 Å². The van der Waals surface area contributed by atoms with Crippen LogP contribution in [0.25, 0.3) is 0 Å². The average Bonchev–Trinajstić information content (AvgIpc) is 2.24. The second kappa shape index (κ2) is 6.75. The summed E-state index contributed by atoms with van der Waals surface area (Å²) in [5.41, 5.74) is 1.000. The molecule has 1 rings (SSSR count). The fraction of sp³-hybridized carbons (Fsp3) is 0.182. The SMILES string of the molecule is O=C(O)/C=C/COOCc1ccccc1. The Kier molecular flexibility index (Phi) is 5.14. The number of carboxylic acids is 1. The van der Waals surface area contributed by atoms with Crippen LogP contribution in [0.4, 0.5) is 0 Å². The van der Waals surface area contributed by atoms with Crippen LogP contribution in [0.5, 0.6) is 0 Å². The van der Waals surface area contributed by atoms with E-state index >= 15 is 0 Å². The van der Waals surface area contributed by atoms with Crippen molar-refractivity contribution in [1.29, 1.82) is 0 Å². The van der Waals surface area contributed by atoms with Crippen molar-refractivity contribution in [2.45, 2.75) is 6.61 Å². The first kappa shape index (κ1) is 11.4. The zero-order valence-corrected chi connectivity index (χ0v) is 8.13. The van der Waals surface area contributed by atoms with Crippen LogP contribution in [0.3, 0.4) is 0 Å². The first-order valence-corrected chi connectivity index (χ1v) is 4.47. The molecule has 1 aromatic rings. The molecule has 0 fully saturated rings. The normalized spacial score (nSPS) is 10.7. The van der Waals surface area contributed by atoms with E-state index in [2.05, 4.69) is 0 Å². The molecule has 0 aliphatic carbocycles. The molecule has 0 amide bonds. The zero-order chi connectivity index (χ0) is 10.9. The van der Waals surface area contributed by atoms with Gasteiger partial charge in [0.15, 0.2) is 0 Å². The number of carboxylic acid groups (broad SMARTS) is 1. The van der Waals surface area contributed by atoms with Crippen molar-refractivity contribution in [2.75, 3.05) is 6.61 Å². The fourth-order valence-corrected chi connectivity index (χ4v) is 0.920. The first-order chi connectivity index (χ1) is 7.29. The maximum absolute atomic E-state index is 10.1. The van der Waals surface area contributed by atoms with Crippen molar-refractivity contribution in [3.63, 3.8) is 0 Å². The highest BCUT2D eigenvalue weighted by atomic mass is 17.2. The standard InChI is InChI=1S/C11H12O4/c12-11(13)7-4-8-14-15-9-10-5-2-1-3-6-10/h1-7H,8-9H2,(H,12,13)/b7-4+. The van der Waals surface area contributed by atoms with Gasteiger partial charge in [0.1, 0.15) is 13.2 Å². The summed E-state index contributed by atoms with van der Waals surface area (Å²) in [6.07, 6.45) is 2.37. The minimum Gasteiger partial charge on any atom is -0.478 e. The lowest BCUT2D eigenvalue weighted by molar-refractivity contribution is -0.295. The van der Waals surface area contributed by atoms with Gasteiger partial charge in [0.2, 0.25) is 0 Å². The molecule has 1 aromatic carbocycles. The van der Waals surface area contributed by atoms with Gasteiger partial charge in [-0.1, -0.05) is 30.3 Å². The van der Waals surface area contributed by atoms with Crippen LogP contribution in [0, 0.1) is 0 Å². The third kappa shape index (κ3) is 5.61. The molecule has 0 saturated carbocycles. The molecular weight excluding hydrogens is 196 g/mol. The second-order valence-corrected chi connectivity index (χ2v) is 2.77. The number of aliphatic carboxylic acids is 1. The first-order valence-electron chi connectivity index (χ1n) is 4.47. The summed E-state index contributed by atoms with van der Waals surface area (Å²) >= 11 is 0. The van der Waals surface area contributed by atoms with Gasteiger partial charge in [-0.3, -0.25) is 0 Å². The summed E-state index contributed by atoms with van der Waals surface area (Å²) in [7, 11) is 0. The molecule has 0 aliphatic heterocycles. The van der Waals surface area contributed by atoms with Crippen LogP contribution in [0.15, 0.2) is 42.5 Å². The van der Waals surface area contributed by atoms with Crippen LogP contribution < -0.4 is 0 Å². The summed E-state index contributed by atoms with van der Waals surface area (Å²) in [5.74, 6) is -0.998. The summed E-state index contributed by atoms with van der Waals surface area (Å²) < 4.78 is 0. The fourth-order valence-electron chi connectivity index (χ4n) is 0.920. The molecule has 4 heteroatoms. The third-order valence-electron chi connectivity index (χ3n) is 1.58. The van der Waals surface area contributed by atoms with Crippen LogP contribution in [-0.4, -0.2) is 17.7 Å². The molecule has 0 aliphatic rings. The van der Waals surface area contributed by atoms with E-state index in [4.69, 9.17) is 14.9 Å². The van der Waals surface area contributed by atoms with Crippen molar-refractivity contribution in [2.24, 2.45) is 0 Å². The van der Waals surface area contributed by atoms with E-state index in [1.165, 1.54) is 6.08 Å². The summed E-state index contributed by atoms with van der Waals surface area (Å²) in [4.78, 5) is 19.7. The molecule has 0 atom stereocenters. The molecule has 0 radical (unpaired) electrons. The molecule has 0 heterocycles. The van der Waals surface area contributed by atoms with E-state index in [1.54, 1.807) is 0 Å². The molecule has 0 bridgehead atoms. The van der Waals surface area contributed by atoms with Gasteiger partial charge in [0.05, 0.1) is 0 Å². The predicted octanol–water partition coefficient (Wildman–Crippen LogP) is 1.78. The molecule has 80 valence electrons. The monoisotopic (exact) mass is 208 g/mol. The third-order valence-corrected chi connectivity index (χ3v) is 1.58. The van der Waals surface area contributed by atoms with Crippen molar-refractivity contribution >= 4 is 5.97 Å². The Bertz CT molecular complexity index is 319. The van der Waals surface area contributed by atoms with Crippen LogP contribution in [-0.2, 0) is 21.2 Å². The second-order valence-electron chi connectivity index (χ2n) is 2.77. The smallest absolute Gasteiger partial charge is 0.328 e. The Morgan fingerprint density at radius 1 is 1.27 bits per heavy atom. The van der Waals surface area contributed by atoms with Gasteiger partial charge in [-0.05, 0) is 11.6 Å². The number of benzene rings is 1. The number of hydrogen-bond acceptors (Lipinski definition) is 3. The predicted molar refractivity (Wildman–Crippen MR) is 54.0 cm³/mol. The highest BCUT2D eigenvalue weighted by Gasteiger charge is 1.91. The highest BCUT2D eigenvalue weighted by molar-refractivity contribution is 5.79. The quantitative estimate of drug-likeness (QED) is 0.335. The van der Waals surface area contributed by atoms with E-state index in [9.17, 15) is 4.79 Å². The molecule has 1 N–H and O–H groups in total.